The molecule has 0 atom stereocenters. The molecule has 2 rings (SSSR count). The van der Waals surface area contributed by atoms with Crippen LogP contribution in [0, 0.1) is 0 Å². The van der Waals surface area contributed by atoms with Crippen molar-refractivity contribution in [3.8, 4) is 5.75 Å². The third kappa shape index (κ3) is 4.67. The fourth-order valence-corrected chi connectivity index (χ4v) is 5.83. The van der Waals surface area contributed by atoms with Crippen molar-refractivity contribution in [1.29, 1.82) is 0 Å². The maximum absolute atomic E-state index is 14.4. The Morgan fingerprint density at radius 1 is 0.913 bits per heavy atom. The van der Waals surface area contributed by atoms with Crippen LogP contribution < -0.4 is 4.74 Å². The molecule has 0 N–H and O–H groups in total. The molecule has 0 aliphatic rings. The Labute approximate surface area is 140 Å². The minimum absolute atomic E-state index is 0.0633. The van der Waals surface area contributed by atoms with E-state index in [-0.39, 0.29) is 3.84 Å². The van der Waals surface area contributed by atoms with Crippen LogP contribution >= 0.6 is 0 Å². The Bertz CT molecular complexity index is 713. The molecule has 0 aliphatic heterocycles. The van der Waals surface area contributed by atoms with Gasteiger partial charge in [-0.25, -0.2) is 0 Å². The standard InChI is InChI=1S/C16H12FO2.3CH3.Sn/c1-12(11-17)13-7-9-15(10-8-13)19-16(18)14-5-3-2-4-6-14;;;;/h2-10H,1H3;3*1H3;. The van der Waals surface area contributed by atoms with E-state index in [4.69, 9.17) is 4.74 Å². The van der Waals surface area contributed by atoms with Gasteiger partial charge in [-0.3, -0.25) is 0 Å². The molecule has 2 aromatic rings. The quantitative estimate of drug-likeness (QED) is 0.373. The van der Waals surface area contributed by atoms with Crippen molar-refractivity contribution < 1.29 is 13.9 Å². The van der Waals surface area contributed by atoms with Gasteiger partial charge in [0.1, 0.15) is 0 Å². The number of benzene rings is 2. The molecule has 0 radical (unpaired) electrons. The molecule has 0 saturated carbocycles. The number of rotatable bonds is 4. The van der Waals surface area contributed by atoms with E-state index >= 15 is 0 Å². The Morgan fingerprint density at radius 3 is 2.00 bits per heavy atom. The number of carbonyl (C=O) groups is 1. The molecular weight excluding hydrogens is 398 g/mol. The first-order chi connectivity index (χ1) is 10.8. The van der Waals surface area contributed by atoms with Crippen LogP contribution in [-0.4, -0.2) is 24.3 Å². The Morgan fingerprint density at radius 2 is 1.48 bits per heavy atom. The van der Waals surface area contributed by atoms with E-state index < -0.39 is 24.3 Å². The third-order valence-corrected chi connectivity index (χ3v) is 8.32. The summed E-state index contributed by atoms with van der Waals surface area (Å²) in [5.74, 6) is 0.0535. The zero-order chi connectivity index (χ0) is 17.0. The molecule has 0 bridgehead atoms. The van der Waals surface area contributed by atoms with Gasteiger partial charge in [-0.1, -0.05) is 0 Å². The molecule has 2 aromatic carbocycles. The third-order valence-electron chi connectivity index (χ3n) is 3.50. The number of esters is 1. The SMILES string of the molecule is C/C(=[C](/F)[Sn]([CH3])([CH3])[CH3])c1ccc(OC(=O)c2ccccc2)cc1. The molecule has 2 nitrogen and oxygen atoms in total. The molecule has 0 heterocycles. The normalized spacial score (nSPS) is 12.6. The van der Waals surface area contributed by atoms with Crippen LogP contribution in [-0.2, 0) is 0 Å². The monoisotopic (exact) mass is 420 g/mol. The van der Waals surface area contributed by atoms with E-state index in [1.807, 2.05) is 27.8 Å². The predicted octanol–water partition coefficient (Wildman–Crippen LogP) is 5.48. The van der Waals surface area contributed by atoms with Gasteiger partial charge in [0.05, 0.1) is 0 Å². The number of allylic oxidation sites excluding steroid dienone is 1. The topological polar surface area (TPSA) is 26.3 Å². The summed E-state index contributed by atoms with van der Waals surface area (Å²) in [7, 11) is 0. The van der Waals surface area contributed by atoms with E-state index in [1.54, 1.807) is 48.5 Å². The molecule has 0 spiro atoms. The van der Waals surface area contributed by atoms with Crippen molar-refractivity contribution >= 4 is 29.9 Å². The summed E-state index contributed by atoms with van der Waals surface area (Å²) >= 11 is -2.70. The van der Waals surface area contributed by atoms with Crippen LogP contribution in [0.4, 0.5) is 4.39 Å². The first kappa shape index (κ1) is 17.7. The average molecular weight is 419 g/mol. The fourth-order valence-electron chi connectivity index (χ4n) is 2.20. The van der Waals surface area contributed by atoms with Crippen molar-refractivity contribution in [2.75, 3.05) is 0 Å². The molecule has 0 saturated heterocycles. The van der Waals surface area contributed by atoms with E-state index in [1.165, 1.54) is 0 Å². The van der Waals surface area contributed by atoms with Crippen molar-refractivity contribution in [1.82, 2.24) is 0 Å². The van der Waals surface area contributed by atoms with Crippen LogP contribution in [0.3, 0.4) is 0 Å². The fraction of sp³-hybridized carbons (Fsp3) is 0.211. The van der Waals surface area contributed by atoms with E-state index in [0.29, 0.717) is 16.9 Å². The van der Waals surface area contributed by atoms with Gasteiger partial charge < -0.3 is 0 Å². The summed E-state index contributed by atoms with van der Waals surface area (Å²) < 4.78 is 19.8. The van der Waals surface area contributed by atoms with Gasteiger partial charge in [0, 0.05) is 0 Å². The van der Waals surface area contributed by atoms with Crippen LogP contribution in [0.1, 0.15) is 22.8 Å². The second-order valence-corrected chi connectivity index (χ2v) is 20.6. The van der Waals surface area contributed by atoms with Gasteiger partial charge in [-0.05, 0) is 0 Å². The first-order valence-corrected chi connectivity index (χ1v) is 17.5. The second-order valence-electron chi connectivity index (χ2n) is 6.47. The Balaban J connectivity index is 2.16. The molecule has 0 amide bonds. The number of carbonyl (C=O) groups excluding carboxylic acids is 1. The molecule has 23 heavy (non-hydrogen) atoms. The number of halogens is 1. The van der Waals surface area contributed by atoms with E-state index in [9.17, 15) is 9.18 Å². The predicted molar refractivity (Wildman–Crippen MR) is 94.9 cm³/mol. The van der Waals surface area contributed by atoms with Gasteiger partial charge in [0.25, 0.3) is 0 Å². The van der Waals surface area contributed by atoms with Crippen molar-refractivity contribution in [2.45, 2.75) is 21.7 Å². The molecule has 0 fully saturated rings. The van der Waals surface area contributed by atoms with Crippen molar-refractivity contribution in [2.24, 2.45) is 0 Å². The van der Waals surface area contributed by atoms with E-state index in [0.717, 1.165) is 5.56 Å². The number of hydrogen-bond donors (Lipinski definition) is 0. The van der Waals surface area contributed by atoms with Crippen LogP contribution in [0.5, 0.6) is 5.75 Å². The molecule has 0 unspecified atom stereocenters. The first-order valence-electron chi connectivity index (χ1n) is 7.53. The second kappa shape index (κ2) is 7.30. The van der Waals surface area contributed by atoms with Crippen molar-refractivity contribution in [3.63, 3.8) is 0 Å². The molecule has 0 aromatic heterocycles. The summed E-state index contributed by atoms with van der Waals surface area (Å²) in [6.45, 7) is 1.81. The molecule has 4 heteroatoms. The Hall–Kier alpha value is -1.62. The van der Waals surface area contributed by atoms with Crippen molar-refractivity contribution in [3.05, 3.63) is 69.6 Å². The molecule has 120 valence electrons. The Kier molecular flexibility index (Phi) is 5.63. The van der Waals surface area contributed by atoms with Crippen LogP contribution in [0.25, 0.3) is 5.57 Å². The molecule has 0 aliphatic carbocycles. The summed E-state index contributed by atoms with van der Waals surface area (Å²) in [5, 5.41) is 0. The summed E-state index contributed by atoms with van der Waals surface area (Å²) in [6.07, 6.45) is 0. The maximum atomic E-state index is 14.4. The zero-order valence-corrected chi connectivity index (χ0v) is 16.7. The summed E-state index contributed by atoms with van der Waals surface area (Å²) in [6, 6.07) is 15.8. The van der Waals surface area contributed by atoms with Gasteiger partial charge in [0.2, 0.25) is 0 Å². The van der Waals surface area contributed by atoms with Crippen LogP contribution in [0.2, 0.25) is 14.8 Å². The van der Waals surface area contributed by atoms with E-state index in [2.05, 4.69) is 0 Å². The van der Waals surface area contributed by atoms with Gasteiger partial charge in [0.15, 0.2) is 0 Å². The summed E-state index contributed by atoms with van der Waals surface area (Å²) in [4.78, 5) is 18.1. The zero-order valence-electron chi connectivity index (χ0n) is 13.9. The van der Waals surface area contributed by atoms with Gasteiger partial charge in [-0.2, -0.15) is 0 Å². The van der Waals surface area contributed by atoms with Crippen LogP contribution in [0.15, 0.2) is 58.4 Å². The summed E-state index contributed by atoms with van der Waals surface area (Å²) in [5.41, 5.74) is 2.02. The number of hydrogen-bond acceptors (Lipinski definition) is 2. The average Bonchev–Trinajstić information content (AvgIpc) is 2.54. The number of ether oxygens (including phenoxy) is 1. The minimum atomic E-state index is -2.70. The molecular formula is C19H21FO2Sn. The van der Waals surface area contributed by atoms with Gasteiger partial charge >= 0.3 is 141 Å². The van der Waals surface area contributed by atoms with Gasteiger partial charge in [-0.15, -0.1) is 0 Å².